The van der Waals surface area contributed by atoms with Gasteiger partial charge in [-0.2, -0.15) is 5.10 Å². The van der Waals surface area contributed by atoms with Gasteiger partial charge in [0.1, 0.15) is 0 Å². The molecule has 3 aromatic rings. The van der Waals surface area contributed by atoms with E-state index in [1.807, 2.05) is 55.2 Å². The fourth-order valence-electron chi connectivity index (χ4n) is 2.08. The van der Waals surface area contributed by atoms with Crippen molar-refractivity contribution in [2.45, 2.75) is 19.9 Å². The Kier molecular flexibility index (Phi) is 3.02. The molecule has 3 rings (SSSR count). The Bertz CT molecular complexity index is 754. The molecule has 0 saturated heterocycles. The van der Waals surface area contributed by atoms with Crippen LogP contribution in [0.25, 0.3) is 10.9 Å². The van der Waals surface area contributed by atoms with Gasteiger partial charge < -0.3 is 10.3 Å². The van der Waals surface area contributed by atoms with Gasteiger partial charge in [0.25, 0.3) is 5.91 Å². The molecule has 2 heterocycles. The number of fused-ring (bicyclic) bond motifs is 1. The van der Waals surface area contributed by atoms with Crippen LogP contribution in [0.1, 0.15) is 30.2 Å². The Hall–Kier alpha value is -2.56. The molecule has 0 bridgehead atoms. The first kappa shape index (κ1) is 12.5. The zero-order chi connectivity index (χ0) is 14.1. The van der Waals surface area contributed by atoms with Gasteiger partial charge in [0.2, 0.25) is 0 Å². The van der Waals surface area contributed by atoms with Crippen LogP contribution in [0, 0.1) is 0 Å². The van der Waals surface area contributed by atoms with Crippen LogP contribution in [0.5, 0.6) is 0 Å². The van der Waals surface area contributed by atoms with Crippen molar-refractivity contribution in [3.63, 3.8) is 0 Å². The first-order valence-corrected chi connectivity index (χ1v) is 6.56. The van der Waals surface area contributed by atoms with Gasteiger partial charge in [0.15, 0.2) is 0 Å². The molecule has 0 spiro atoms. The van der Waals surface area contributed by atoms with Gasteiger partial charge in [-0.25, -0.2) is 0 Å². The summed E-state index contributed by atoms with van der Waals surface area (Å²) in [5.41, 5.74) is 2.28. The van der Waals surface area contributed by atoms with Crippen LogP contribution >= 0.6 is 0 Å². The molecule has 0 aliphatic heterocycles. The normalized spacial score (nSPS) is 11.2. The fraction of sp³-hybridized carbons (Fsp3) is 0.200. The summed E-state index contributed by atoms with van der Waals surface area (Å²) < 4.78 is 1.81. The number of carbonyl (C=O) groups is 1. The van der Waals surface area contributed by atoms with Gasteiger partial charge >= 0.3 is 0 Å². The lowest BCUT2D eigenvalue weighted by atomic mass is 10.1. The number of anilines is 1. The Labute approximate surface area is 116 Å². The number of amides is 1. The molecule has 0 radical (unpaired) electrons. The fourth-order valence-corrected chi connectivity index (χ4v) is 2.08. The average Bonchev–Trinajstić information content (AvgIpc) is 3.05. The predicted octanol–water partition coefficient (Wildman–Crippen LogP) is 3.20. The van der Waals surface area contributed by atoms with Crippen LogP contribution in [0.2, 0.25) is 0 Å². The number of aromatic nitrogens is 3. The van der Waals surface area contributed by atoms with E-state index in [0.29, 0.717) is 11.3 Å². The smallest absolute Gasteiger partial charge is 0.255 e. The largest absolute Gasteiger partial charge is 0.361 e. The standard InChI is InChI=1S/C15H16N4O/c1-10(2)19-9-13(8-17-19)18-15(20)12-4-3-11-5-6-16-14(11)7-12/h3-10,16H,1-2H3,(H,18,20). The zero-order valence-corrected chi connectivity index (χ0v) is 11.4. The Balaban J connectivity index is 1.80. The average molecular weight is 268 g/mol. The lowest BCUT2D eigenvalue weighted by molar-refractivity contribution is 0.102. The maximum Gasteiger partial charge on any atom is 0.255 e. The lowest BCUT2D eigenvalue weighted by Gasteiger charge is -2.04. The summed E-state index contributed by atoms with van der Waals surface area (Å²) in [6.45, 7) is 4.08. The first-order chi connectivity index (χ1) is 9.63. The van der Waals surface area contributed by atoms with Crippen molar-refractivity contribution >= 4 is 22.5 Å². The molecule has 2 N–H and O–H groups in total. The molecule has 20 heavy (non-hydrogen) atoms. The van der Waals surface area contributed by atoms with Crippen molar-refractivity contribution in [1.82, 2.24) is 14.8 Å². The van der Waals surface area contributed by atoms with Crippen LogP contribution in [-0.4, -0.2) is 20.7 Å². The highest BCUT2D eigenvalue weighted by Crippen LogP contribution is 2.16. The third-order valence-corrected chi connectivity index (χ3v) is 3.21. The predicted molar refractivity (Wildman–Crippen MR) is 78.9 cm³/mol. The number of rotatable bonds is 3. The Morgan fingerprint density at radius 1 is 1.35 bits per heavy atom. The van der Waals surface area contributed by atoms with E-state index in [0.717, 1.165) is 10.9 Å². The first-order valence-electron chi connectivity index (χ1n) is 6.56. The maximum atomic E-state index is 12.2. The summed E-state index contributed by atoms with van der Waals surface area (Å²) in [4.78, 5) is 15.3. The van der Waals surface area contributed by atoms with Crippen molar-refractivity contribution in [2.24, 2.45) is 0 Å². The topological polar surface area (TPSA) is 62.7 Å². The molecule has 5 nitrogen and oxygen atoms in total. The number of hydrogen-bond donors (Lipinski definition) is 2. The van der Waals surface area contributed by atoms with Crippen molar-refractivity contribution < 1.29 is 4.79 Å². The van der Waals surface area contributed by atoms with Gasteiger partial charge in [0, 0.05) is 29.5 Å². The second-order valence-electron chi connectivity index (χ2n) is 5.04. The third kappa shape index (κ3) is 2.30. The Morgan fingerprint density at radius 3 is 2.95 bits per heavy atom. The molecule has 2 aromatic heterocycles. The van der Waals surface area contributed by atoms with Crippen molar-refractivity contribution in [2.75, 3.05) is 5.32 Å². The number of carbonyl (C=O) groups excluding carboxylic acids is 1. The number of H-pyrrole nitrogens is 1. The van der Waals surface area contributed by atoms with E-state index in [2.05, 4.69) is 15.4 Å². The highest BCUT2D eigenvalue weighted by atomic mass is 16.1. The number of hydrogen-bond acceptors (Lipinski definition) is 2. The molecule has 1 aromatic carbocycles. The van der Waals surface area contributed by atoms with Crippen molar-refractivity contribution in [1.29, 1.82) is 0 Å². The summed E-state index contributed by atoms with van der Waals surface area (Å²) in [6.07, 6.45) is 5.35. The minimum atomic E-state index is -0.134. The number of nitrogens with zero attached hydrogens (tertiary/aromatic N) is 2. The van der Waals surface area contributed by atoms with Gasteiger partial charge in [-0.3, -0.25) is 9.48 Å². The molecule has 0 atom stereocenters. The minimum absolute atomic E-state index is 0.134. The van der Waals surface area contributed by atoms with Gasteiger partial charge in [-0.05, 0) is 37.4 Å². The summed E-state index contributed by atoms with van der Waals surface area (Å²) in [5, 5.41) is 8.15. The molecule has 0 unspecified atom stereocenters. The van der Waals surface area contributed by atoms with E-state index in [-0.39, 0.29) is 11.9 Å². The van der Waals surface area contributed by atoms with E-state index in [9.17, 15) is 4.79 Å². The summed E-state index contributed by atoms with van der Waals surface area (Å²) in [7, 11) is 0. The van der Waals surface area contributed by atoms with Gasteiger partial charge in [0.05, 0.1) is 11.9 Å². The van der Waals surface area contributed by atoms with Crippen LogP contribution < -0.4 is 5.32 Å². The molecule has 0 fully saturated rings. The molecule has 0 aliphatic carbocycles. The van der Waals surface area contributed by atoms with Crippen LogP contribution in [0.3, 0.4) is 0 Å². The van der Waals surface area contributed by atoms with Crippen molar-refractivity contribution in [3.8, 4) is 0 Å². The molecular formula is C15H16N4O. The molecule has 5 heteroatoms. The quantitative estimate of drug-likeness (QED) is 0.766. The van der Waals surface area contributed by atoms with E-state index in [1.165, 1.54) is 0 Å². The summed E-state index contributed by atoms with van der Waals surface area (Å²) in [6, 6.07) is 7.84. The summed E-state index contributed by atoms with van der Waals surface area (Å²) >= 11 is 0. The Morgan fingerprint density at radius 2 is 2.20 bits per heavy atom. The van der Waals surface area contributed by atoms with Crippen molar-refractivity contribution in [3.05, 3.63) is 48.4 Å². The highest BCUT2D eigenvalue weighted by molar-refractivity contribution is 6.06. The second kappa shape index (κ2) is 4.85. The van der Waals surface area contributed by atoms with E-state index in [1.54, 1.807) is 6.20 Å². The van der Waals surface area contributed by atoms with Crippen LogP contribution in [0.4, 0.5) is 5.69 Å². The summed E-state index contributed by atoms with van der Waals surface area (Å²) in [5.74, 6) is -0.134. The monoisotopic (exact) mass is 268 g/mol. The molecule has 0 saturated carbocycles. The SMILES string of the molecule is CC(C)n1cc(NC(=O)c2ccc3cc[nH]c3c2)cn1. The van der Waals surface area contributed by atoms with Crippen LogP contribution in [0.15, 0.2) is 42.9 Å². The van der Waals surface area contributed by atoms with Crippen LogP contribution in [-0.2, 0) is 0 Å². The van der Waals surface area contributed by atoms with E-state index >= 15 is 0 Å². The second-order valence-corrected chi connectivity index (χ2v) is 5.04. The van der Waals surface area contributed by atoms with E-state index in [4.69, 9.17) is 0 Å². The lowest BCUT2D eigenvalue weighted by Crippen LogP contribution is -2.11. The number of aromatic amines is 1. The van der Waals surface area contributed by atoms with E-state index < -0.39 is 0 Å². The molecule has 0 aliphatic rings. The molecule has 1 amide bonds. The highest BCUT2D eigenvalue weighted by Gasteiger charge is 2.09. The number of benzene rings is 1. The van der Waals surface area contributed by atoms with Gasteiger partial charge in [-0.15, -0.1) is 0 Å². The molecular weight excluding hydrogens is 252 g/mol. The minimum Gasteiger partial charge on any atom is -0.361 e. The number of nitrogens with one attached hydrogen (secondary N) is 2. The zero-order valence-electron chi connectivity index (χ0n) is 11.4. The molecule has 102 valence electrons. The third-order valence-electron chi connectivity index (χ3n) is 3.21. The van der Waals surface area contributed by atoms with Gasteiger partial charge in [-0.1, -0.05) is 6.07 Å². The maximum absolute atomic E-state index is 12.2.